The molecule has 15 nitrogen and oxygen atoms in total. The molecular formula is C55H62N10O5S. The van der Waals surface area contributed by atoms with Gasteiger partial charge in [-0.1, -0.05) is 69.3 Å². The molecule has 4 atom stereocenters. The zero-order valence-corrected chi connectivity index (χ0v) is 41.7. The molecule has 1 aliphatic heterocycles. The van der Waals surface area contributed by atoms with Gasteiger partial charge in [-0.3, -0.25) is 19.0 Å². The van der Waals surface area contributed by atoms with E-state index in [0.29, 0.717) is 59.3 Å². The second-order valence-electron chi connectivity index (χ2n) is 20.0. The summed E-state index contributed by atoms with van der Waals surface area (Å²) >= 11 is 1.58. The van der Waals surface area contributed by atoms with Crippen LogP contribution in [0, 0.1) is 12.3 Å². The highest BCUT2D eigenvalue weighted by Gasteiger charge is 2.45. The molecule has 1 saturated carbocycles. The van der Waals surface area contributed by atoms with Crippen LogP contribution in [0.5, 0.6) is 5.75 Å². The van der Waals surface area contributed by atoms with Gasteiger partial charge in [-0.2, -0.15) is 0 Å². The summed E-state index contributed by atoms with van der Waals surface area (Å²) in [4.78, 5) is 63.0. The molecule has 71 heavy (non-hydrogen) atoms. The van der Waals surface area contributed by atoms with Crippen molar-refractivity contribution in [3.63, 3.8) is 0 Å². The van der Waals surface area contributed by atoms with E-state index in [-0.39, 0.29) is 42.8 Å². The number of hydrogen-bond acceptors (Lipinski definition) is 12. The van der Waals surface area contributed by atoms with Crippen LogP contribution in [0.4, 0.5) is 5.82 Å². The predicted octanol–water partition coefficient (Wildman–Crippen LogP) is 8.42. The summed E-state index contributed by atoms with van der Waals surface area (Å²) in [5.41, 5.74) is 22.3. The first-order valence-electron chi connectivity index (χ1n) is 24.4. The Balaban J connectivity index is 0.831. The van der Waals surface area contributed by atoms with Crippen LogP contribution >= 0.6 is 11.3 Å². The maximum Gasteiger partial charge on any atom is 0.246 e. The van der Waals surface area contributed by atoms with Crippen molar-refractivity contribution in [1.82, 2.24) is 40.0 Å². The van der Waals surface area contributed by atoms with E-state index in [1.54, 1.807) is 17.5 Å². The number of likely N-dealkylation sites (tertiary alicyclic amines) is 1. The first kappa shape index (κ1) is 49.0. The number of ether oxygens (including phenoxy) is 1. The number of unbranched alkanes of at least 4 members (excludes halogenated alkanes) is 1. The molecule has 16 heteroatoms. The second-order valence-corrected chi connectivity index (χ2v) is 20.8. The van der Waals surface area contributed by atoms with Gasteiger partial charge in [-0.05, 0) is 117 Å². The lowest BCUT2D eigenvalue weighted by Crippen LogP contribution is -2.57. The van der Waals surface area contributed by atoms with Crippen LogP contribution in [-0.2, 0) is 19.9 Å². The fourth-order valence-corrected chi connectivity index (χ4v) is 10.4. The molecule has 0 unspecified atom stereocenters. The summed E-state index contributed by atoms with van der Waals surface area (Å²) in [6.45, 7) is 9.83. The molecule has 0 radical (unpaired) electrons. The number of nitrogen functional groups attached to an aromatic ring is 1. The monoisotopic (exact) mass is 974 g/mol. The molecule has 5 heterocycles. The van der Waals surface area contributed by atoms with E-state index in [1.807, 2.05) is 117 Å². The van der Waals surface area contributed by atoms with Crippen molar-refractivity contribution in [3.05, 3.63) is 126 Å². The number of aryl methyl sites for hydroxylation is 1. The van der Waals surface area contributed by atoms with Gasteiger partial charge in [0.1, 0.15) is 29.2 Å². The van der Waals surface area contributed by atoms with Crippen LogP contribution in [0.1, 0.15) is 95.5 Å². The van der Waals surface area contributed by atoms with Gasteiger partial charge >= 0.3 is 0 Å². The fraction of sp³-hybridized carbons (Fsp3) is 0.364. The number of aliphatic hydroxyl groups is 1. The number of nitrogens with one attached hydrogen (secondary N) is 2. The van der Waals surface area contributed by atoms with Crippen molar-refractivity contribution in [3.8, 4) is 44.5 Å². The number of benzene rings is 3. The molecule has 0 bridgehead atoms. The Labute approximate surface area is 418 Å². The highest BCUT2D eigenvalue weighted by Crippen LogP contribution is 2.40. The number of pyridine rings is 2. The molecular weight excluding hydrogens is 913 g/mol. The van der Waals surface area contributed by atoms with E-state index < -0.39 is 29.5 Å². The van der Waals surface area contributed by atoms with Crippen LogP contribution in [0.2, 0.25) is 0 Å². The number of nitrogens with zero attached hydrogens (tertiary/aromatic N) is 6. The summed E-state index contributed by atoms with van der Waals surface area (Å²) in [5.74, 6) is 0.576. The molecule has 7 N–H and O–H groups in total. The average Bonchev–Trinajstić information content (AvgIpc) is 4.08. The maximum atomic E-state index is 14.3. The number of thiazole rings is 1. The molecule has 3 amide bonds. The van der Waals surface area contributed by atoms with E-state index in [1.165, 1.54) is 4.90 Å². The Morgan fingerprint density at radius 3 is 2.35 bits per heavy atom. The number of anilines is 1. The van der Waals surface area contributed by atoms with Gasteiger partial charge in [0.15, 0.2) is 11.5 Å². The maximum absolute atomic E-state index is 14.3. The third-order valence-electron chi connectivity index (χ3n) is 13.8. The fourth-order valence-electron chi connectivity index (χ4n) is 9.55. The largest absolute Gasteiger partial charge is 0.493 e. The van der Waals surface area contributed by atoms with Gasteiger partial charge < -0.3 is 36.8 Å². The first-order valence-corrected chi connectivity index (χ1v) is 25.3. The Morgan fingerprint density at radius 2 is 1.66 bits per heavy atom. The molecule has 7 aromatic rings. The predicted molar refractivity (Wildman–Crippen MR) is 277 cm³/mol. The number of nitrogens with two attached hydrogens (primary N) is 2. The van der Waals surface area contributed by atoms with Crippen LogP contribution in [0.3, 0.4) is 0 Å². The first-order chi connectivity index (χ1) is 34.1. The summed E-state index contributed by atoms with van der Waals surface area (Å²) in [7, 11) is 0. The van der Waals surface area contributed by atoms with Gasteiger partial charge in [-0.25, -0.2) is 19.9 Å². The molecule has 9 rings (SSSR count). The van der Waals surface area contributed by atoms with Gasteiger partial charge in [0.05, 0.1) is 46.1 Å². The number of carbonyl (C=O) groups is 3. The topological polar surface area (TPSA) is 216 Å². The Kier molecular flexibility index (Phi) is 14.1. The number of hydrogen-bond donors (Lipinski definition) is 5. The van der Waals surface area contributed by atoms with E-state index in [2.05, 4.69) is 44.9 Å². The molecule has 0 spiro atoms. The van der Waals surface area contributed by atoms with Crippen molar-refractivity contribution in [2.45, 2.75) is 109 Å². The minimum Gasteiger partial charge on any atom is -0.493 e. The summed E-state index contributed by atoms with van der Waals surface area (Å²) in [6, 6.07) is 29.4. The Hall–Kier alpha value is -7.01. The molecule has 368 valence electrons. The zero-order valence-electron chi connectivity index (χ0n) is 40.9. The van der Waals surface area contributed by atoms with Gasteiger partial charge in [-0.15, -0.1) is 11.3 Å². The number of rotatable bonds is 16. The zero-order chi connectivity index (χ0) is 50.0. The van der Waals surface area contributed by atoms with Crippen LogP contribution in [0.25, 0.3) is 49.9 Å². The number of aliphatic hydroxyl groups excluding tert-OH is 1. The lowest BCUT2D eigenvalue weighted by Gasteiger charge is -2.38. The van der Waals surface area contributed by atoms with E-state index in [0.717, 1.165) is 57.8 Å². The number of para-hydroxylation sites is 1. The third kappa shape index (κ3) is 10.4. The minimum atomic E-state index is -0.928. The number of carbonyl (C=O) groups excluding carboxylic acids is 3. The molecule has 2 aliphatic rings. The van der Waals surface area contributed by atoms with Gasteiger partial charge in [0.25, 0.3) is 0 Å². The standard InChI is InChI=1S/C55H62N10O5S/c1-33(35-16-18-36(19-17-35)47-34(2)59-32-71-47)60-52(68)44-30-39(66)31-64(44)53(69)48(54(3,4)5)63-46(67)15-8-9-29-70-45-14-7-6-12-40(45)42-24-25-43-51(61-42)65(50(62-43)41-13-10-28-58-49(41)56)38-22-20-37(21-23-38)55(57)26-11-27-55/h6-7,10,12-14,16-25,28,32-33,39,44,48,66H,8-9,11,15,26-27,29-31,57H2,1-5H3,(H2,56,58)(H,60,68)(H,63,67)/t33-,39+,44-,48+/m0/s1. The Morgan fingerprint density at radius 1 is 0.915 bits per heavy atom. The SMILES string of the molecule is Cc1ncsc1-c1ccc([C@H](C)NC(=O)[C@@H]2C[C@@H](O)CN2C(=O)[C@@H](NC(=O)CCCCOc2ccccc2-c2ccc3nc(-c4cccnc4N)n(-c4ccc(C5(N)CCC5)cc4)c3n2)C(C)(C)C)cc1. The van der Waals surface area contributed by atoms with E-state index in [9.17, 15) is 19.5 Å². The quantitative estimate of drug-likeness (QED) is 0.0579. The van der Waals surface area contributed by atoms with Crippen molar-refractivity contribution in [1.29, 1.82) is 0 Å². The van der Waals surface area contributed by atoms with Gasteiger partial charge in [0, 0.05) is 42.4 Å². The number of amides is 3. The average molecular weight is 975 g/mol. The number of aromatic nitrogens is 5. The molecule has 1 saturated heterocycles. The van der Waals surface area contributed by atoms with Crippen molar-refractivity contribution in [2.75, 3.05) is 18.9 Å². The second kappa shape index (κ2) is 20.4. The number of imidazole rings is 1. The summed E-state index contributed by atoms with van der Waals surface area (Å²) in [5, 5.41) is 16.8. The van der Waals surface area contributed by atoms with E-state index in [4.69, 9.17) is 26.2 Å². The molecule has 2 fully saturated rings. The number of fused-ring (bicyclic) bond motifs is 1. The van der Waals surface area contributed by atoms with Crippen molar-refractivity contribution in [2.24, 2.45) is 11.1 Å². The Bertz CT molecular complexity index is 3050. The third-order valence-corrected chi connectivity index (χ3v) is 14.8. The highest BCUT2D eigenvalue weighted by atomic mass is 32.1. The molecule has 1 aliphatic carbocycles. The number of β-amino-alcohol motifs (C(OH)–C–C–N with tert-alkyl or cyclic N) is 1. The van der Waals surface area contributed by atoms with Crippen LogP contribution < -0.4 is 26.8 Å². The highest BCUT2D eigenvalue weighted by molar-refractivity contribution is 7.13. The lowest BCUT2D eigenvalue weighted by molar-refractivity contribution is -0.144. The smallest absolute Gasteiger partial charge is 0.246 e. The van der Waals surface area contributed by atoms with Crippen LogP contribution in [-0.4, -0.2) is 83.6 Å². The van der Waals surface area contributed by atoms with Crippen molar-refractivity contribution < 1.29 is 24.2 Å². The normalized spacial score (nSPS) is 17.4. The summed E-state index contributed by atoms with van der Waals surface area (Å²) in [6.07, 6.45) is 5.16. The lowest BCUT2D eigenvalue weighted by atomic mass is 9.73. The summed E-state index contributed by atoms with van der Waals surface area (Å²) < 4.78 is 8.37. The van der Waals surface area contributed by atoms with Crippen LogP contribution in [0.15, 0.2) is 109 Å². The molecule has 4 aromatic heterocycles. The minimum absolute atomic E-state index is 0.00637. The molecule has 3 aromatic carbocycles. The van der Waals surface area contributed by atoms with Crippen molar-refractivity contribution >= 4 is 46.0 Å². The van der Waals surface area contributed by atoms with Gasteiger partial charge in [0.2, 0.25) is 17.7 Å². The van der Waals surface area contributed by atoms with E-state index >= 15 is 0 Å².